The number of alkyl halides is 6. The molecule has 10 heterocycles. The molecule has 0 saturated carbocycles. The number of hydrogen-bond donors (Lipinski definition) is 1. The molecule has 2 N–H and O–H groups in total. The Labute approximate surface area is 643 Å². The lowest BCUT2D eigenvalue weighted by Gasteiger charge is -2.36. The van der Waals surface area contributed by atoms with Gasteiger partial charge in [0.15, 0.2) is 5.82 Å². The number of nitrogens with zero attached hydrogens (tertiary/aromatic N) is 17. The maximum atomic E-state index is 14.1. The van der Waals surface area contributed by atoms with Gasteiger partial charge in [0, 0.05) is 55.8 Å². The lowest BCUT2D eigenvalue weighted by molar-refractivity contribution is 0.00578. The fraction of sp³-hybridized carbons (Fsp3) is 0.662. The molecule has 602 valence electrons. The van der Waals surface area contributed by atoms with E-state index >= 15 is 0 Å². The van der Waals surface area contributed by atoms with E-state index in [1.165, 1.54) is 6.20 Å². The van der Waals surface area contributed by atoms with E-state index in [0.717, 1.165) is 31.5 Å². The fourth-order valence-electron chi connectivity index (χ4n) is 10.5. The molecule has 0 aromatic carbocycles. The molecular formula is C68H97BBrClF6N18O14. The molecule has 5 aliphatic heterocycles. The summed E-state index contributed by atoms with van der Waals surface area (Å²) in [5.41, 5.74) is -1.39. The molecule has 10 rings (SSSR count). The Balaban J connectivity index is 0.000000205. The first-order chi connectivity index (χ1) is 50.5. The number of carbonyl (C=O) groups excluding carboxylic acids is 4. The Morgan fingerprint density at radius 3 is 1.24 bits per heavy atom. The minimum absolute atomic E-state index is 0.000674. The van der Waals surface area contributed by atoms with Crippen molar-refractivity contribution in [3.8, 4) is 11.4 Å². The summed E-state index contributed by atoms with van der Waals surface area (Å²) in [6.07, 6.45) is -9.85. The molecule has 32 nitrogen and oxygen atoms in total. The topological polar surface area (TPSA) is 348 Å². The number of amides is 4. The highest BCUT2D eigenvalue weighted by atomic mass is 79.9. The van der Waals surface area contributed by atoms with Gasteiger partial charge in [0.1, 0.15) is 39.6 Å². The van der Waals surface area contributed by atoms with Gasteiger partial charge in [-0.25, -0.2) is 70.4 Å². The fourth-order valence-corrected chi connectivity index (χ4v) is 11.0. The van der Waals surface area contributed by atoms with Crippen LogP contribution < -0.4 is 40.6 Å². The van der Waals surface area contributed by atoms with Crippen molar-refractivity contribution in [3.63, 3.8) is 0 Å². The van der Waals surface area contributed by atoms with Crippen LogP contribution in [0.1, 0.15) is 175 Å². The first kappa shape index (κ1) is 88.2. The molecule has 5 aliphatic rings. The van der Waals surface area contributed by atoms with Crippen LogP contribution in [0.25, 0.3) is 11.4 Å². The van der Waals surface area contributed by atoms with Crippen molar-refractivity contribution in [2.24, 2.45) is 0 Å². The number of halogens is 8. The average molecular weight is 1630 g/mol. The van der Waals surface area contributed by atoms with Gasteiger partial charge >= 0.3 is 31.5 Å². The molecule has 5 aromatic rings. The third-order valence-corrected chi connectivity index (χ3v) is 17.2. The quantitative estimate of drug-likeness (QED) is 0.0729. The number of carbonyl (C=O) groups is 4. The molecule has 2 unspecified atom stereocenters. The van der Waals surface area contributed by atoms with Crippen LogP contribution in [0.4, 0.5) is 87.0 Å². The zero-order valence-electron chi connectivity index (χ0n) is 64.8. The molecule has 4 amide bonds. The minimum Gasteiger partial charge on any atom is -0.443 e. The third-order valence-electron chi connectivity index (χ3n) is 16.4. The van der Waals surface area contributed by atoms with Crippen molar-refractivity contribution in [2.45, 2.75) is 216 Å². The third kappa shape index (κ3) is 24.5. The second-order valence-corrected chi connectivity index (χ2v) is 31.8. The van der Waals surface area contributed by atoms with E-state index in [0.29, 0.717) is 99.5 Å². The Hall–Kier alpha value is -8.02. The highest BCUT2D eigenvalue weighted by Gasteiger charge is 2.53. The summed E-state index contributed by atoms with van der Waals surface area (Å²) in [6.45, 7) is 42.0. The number of hydrogen-bond acceptors (Lipinski definition) is 30. The van der Waals surface area contributed by atoms with E-state index < -0.39 is 107 Å². The summed E-state index contributed by atoms with van der Waals surface area (Å²) in [4.78, 5) is 105. The number of nitrogens with two attached hydrogens (primary N) is 1. The van der Waals surface area contributed by atoms with Crippen LogP contribution in [0.5, 0.6) is 0 Å². The predicted octanol–water partition coefficient (Wildman–Crippen LogP) is 12.1. The van der Waals surface area contributed by atoms with Gasteiger partial charge in [0.05, 0.1) is 98.3 Å². The summed E-state index contributed by atoms with van der Waals surface area (Å²) < 4.78 is 136. The summed E-state index contributed by atoms with van der Waals surface area (Å²) in [6, 6.07) is 1.46. The monoisotopic (exact) mass is 1630 g/mol. The van der Waals surface area contributed by atoms with Crippen molar-refractivity contribution in [1.29, 1.82) is 0 Å². The number of ether oxygens (including phenoxy) is 8. The average Bonchev–Trinajstić information content (AvgIpc) is 1.72. The first-order valence-electron chi connectivity index (χ1n) is 35.0. The highest BCUT2D eigenvalue weighted by molar-refractivity contribution is 9.10. The van der Waals surface area contributed by atoms with Gasteiger partial charge in [-0.3, -0.25) is 0 Å². The minimum atomic E-state index is -2.96. The SMILES string of the molecule is CC(C)(C)OC(=O)N(C(=O)OC(C)(C)C)c1cc(C(F)F)c(B2OC(C)(C)C(C)(C)O2)cn1.CC(C)(C)OC(=O)N(C(=O)OC(C)(C)C)c1ncc(Br)c(C(F)F)n1.CC1COCCN1c1nc(-c2cnc(N)nc2C(F)F)nc(N2CCOC[C@@H]2C)n1.CC1COCCN1c1nc(Cl)nc(N2CCOC[C@@H]2C)n1. The van der Waals surface area contributed by atoms with Gasteiger partial charge in [-0.2, -0.15) is 34.8 Å². The molecule has 4 atom stereocenters. The van der Waals surface area contributed by atoms with Crippen molar-refractivity contribution >= 4 is 106 Å². The lowest BCUT2D eigenvalue weighted by atomic mass is 9.77. The Morgan fingerprint density at radius 2 is 0.890 bits per heavy atom. The molecule has 5 fully saturated rings. The zero-order valence-corrected chi connectivity index (χ0v) is 67.2. The van der Waals surface area contributed by atoms with Crippen LogP contribution in [-0.2, 0) is 47.2 Å². The number of imide groups is 2. The summed E-state index contributed by atoms with van der Waals surface area (Å²) in [5.74, 6) is 0.980. The van der Waals surface area contributed by atoms with Crippen molar-refractivity contribution in [1.82, 2.24) is 54.8 Å². The molecule has 5 saturated heterocycles. The van der Waals surface area contributed by atoms with Crippen LogP contribution in [0.3, 0.4) is 0 Å². The second kappa shape index (κ2) is 36.4. The van der Waals surface area contributed by atoms with Gasteiger partial charge < -0.3 is 72.5 Å². The standard InChI is InChI=1S/C22H33BF2N2O6.C18H24F2N8O2.C15H20BrF2N3O4.C13H20ClN5O2/c1-19(2,3)30-17(28)27(18(29)31-20(4,5)6)15-11-13(16(24)25)14(12-26-15)23-32-21(7,8)22(9,10)33-23;1-10-8-29-5-3-27(10)17-24-15(12-7-22-16(21)23-13(12)14(19)20)25-18(26-17)28-4-6-30-9-11(28)2;1-14(2,3)24-12(22)21(13(23)25-15(4,5)6)11-19-7-8(16)9(20-11)10(17)18;1-9-7-20-5-3-18(9)12-15-11(14)16-13(17-12)19-4-6-21-8-10(19)2/h11-12,16H,1-10H3;7,10-11,14H,3-6,8-9H2,1-2H3,(H2,21,22,23);7,10H,1-6H3;9-10H,3-8H2,1-2H3/t;10-,11?;;9-,10?/m.0.0/s1. The van der Waals surface area contributed by atoms with E-state index in [9.17, 15) is 45.5 Å². The van der Waals surface area contributed by atoms with Gasteiger partial charge in [0.25, 0.3) is 19.3 Å². The summed E-state index contributed by atoms with van der Waals surface area (Å²) >= 11 is 9.00. The van der Waals surface area contributed by atoms with Crippen molar-refractivity contribution in [2.75, 3.05) is 114 Å². The van der Waals surface area contributed by atoms with E-state index in [4.69, 9.17) is 64.5 Å². The van der Waals surface area contributed by atoms with Crippen LogP contribution in [0.15, 0.2) is 29.1 Å². The second-order valence-electron chi connectivity index (χ2n) is 30.6. The molecule has 0 aliphatic carbocycles. The maximum absolute atomic E-state index is 14.1. The normalized spacial score (nSPS) is 19.6. The van der Waals surface area contributed by atoms with Crippen LogP contribution in [-0.4, -0.2) is 223 Å². The maximum Gasteiger partial charge on any atom is 0.496 e. The summed E-state index contributed by atoms with van der Waals surface area (Å²) in [5, 5.41) is 0.229. The van der Waals surface area contributed by atoms with Gasteiger partial charge in [-0.05, 0) is 172 Å². The van der Waals surface area contributed by atoms with Gasteiger partial charge in [0.2, 0.25) is 41.0 Å². The largest absolute Gasteiger partial charge is 0.496 e. The van der Waals surface area contributed by atoms with Crippen LogP contribution in [0, 0.1) is 0 Å². The Bertz CT molecular complexity index is 3810. The molecule has 109 heavy (non-hydrogen) atoms. The molecule has 0 radical (unpaired) electrons. The van der Waals surface area contributed by atoms with E-state index in [-0.39, 0.29) is 62.5 Å². The van der Waals surface area contributed by atoms with Crippen LogP contribution >= 0.6 is 27.5 Å². The summed E-state index contributed by atoms with van der Waals surface area (Å²) in [7, 11) is -1.10. The van der Waals surface area contributed by atoms with E-state index in [2.05, 4.69) is 94.4 Å². The predicted molar refractivity (Wildman–Crippen MR) is 395 cm³/mol. The molecular weight excluding hydrogens is 1530 g/mol. The lowest BCUT2D eigenvalue weighted by Crippen LogP contribution is -2.46. The van der Waals surface area contributed by atoms with E-state index in [1.807, 2.05) is 23.6 Å². The van der Waals surface area contributed by atoms with Crippen LogP contribution in [0.2, 0.25) is 5.28 Å². The molecule has 0 spiro atoms. The number of rotatable bonds is 11. The Kier molecular flexibility index (Phi) is 29.5. The van der Waals surface area contributed by atoms with E-state index in [1.54, 1.807) is 111 Å². The first-order valence-corrected chi connectivity index (χ1v) is 36.1. The smallest absolute Gasteiger partial charge is 0.443 e. The molecule has 5 aromatic heterocycles. The van der Waals surface area contributed by atoms with Gasteiger partial charge in [-0.15, -0.1) is 4.90 Å². The number of aromatic nitrogens is 11. The zero-order chi connectivity index (χ0) is 81.2. The molecule has 41 heteroatoms. The van der Waals surface area contributed by atoms with Crippen molar-refractivity contribution < 1.29 is 92.7 Å². The number of morpholine rings is 4. The number of nitrogen functional groups attached to an aromatic ring is 1. The number of pyridine rings is 1. The highest BCUT2D eigenvalue weighted by Crippen LogP contribution is 2.39. The Morgan fingerprint density at radius 1 is 0.523 bits per heavy atom. The molecule has 0 bridgehead atoms. The number of anilines is 7. The van der Waals surface area contributed by atoms with Gasteiger partial charge in [-0.1, -0.05) is 0 Å². The van der Waals surface area contributed by atoms with Crippen molar-refractivity contribution in [3.05, 3.63) is 51.4 Å².